The van der Waals surface area contributed by atoms with E-state index in [1.54, 1.807) is 0 Å². The highest BCUT2D eigenvalue weighted by atomic mass is 15.1. The molecule has 20 heavy (non-hydrogen) atoms. The fraction of sp³-hybridized carbons (Fsp3) is 0.750. The highest BCUT2D eigenvalue weighted by molar-refractivity contribution is 5.57. The van der Waals surface area contributed by atoms with Crippen molar-refractivity contribution < 1.29 is 0 Å². The lowest BCUT2D eigenvalue weighted by Gasteiger charge is -2.15. The summed E-state index contributed by atoms with van der Waals surface area (Å²) in [6.07, 6.45) is 4.47. The van der Waals surface area contributed by atoms with Gasteiger partial charge in [-0.2, -0.15) is 0 Å². The standard InChI is InChI=1S/C16H28N4/c1-5-7-14-19-15(17-8-6-2)12(4)16(20-14)18-10-13-9-11(13)3/h11,13H,5-10H2,1-4H3,(H2,17,18,19,20). The molecule has 0 saturated heterocycles. The Morgan fingerprint density at radius 2 is 1.75 bits per heavy atom. The molecule has 4 nitrogen and oxygen atoms in total. The Labute approximate surface area is 122 Å². The van der Waals surface area contributed by atoms with Gasteiger partial charge >= 0.3 is 0 Å². The Bertz CT molecular complexity index is 444. The van der Waals surface area contributed by atoms with Crippen molar-refractivity contribution in [2.45, 2.75) is 53.4 Å². The van der Waals surface area contributed by atoms with Crippen LogP contribution in [0.1, 0.15) is 51.4 Å². The Balaban J connectivity index is 2.11. The molecule has 1 saturated carbocycles. The van der Waals surface area contributed by atoms with E-state index in [-0.39, 0.29) is 0 Å². The second kappa shape index (κ2) is 6.91. The number of nitrogens with zero attached hydrogens (tertiary/aromatic N) is 2. The lowest BCUT2D eigenvalue weighted by Crippen LogP contribution is -2.13. The van der Waals surface area contributed by atoms with Crippen LogP contribution in [-0.4, -0.2) is 23.1 Å². The highest BCUT2D eigenvalue weighted by Crippen LogP contribution is 2.37. The first-order chi connectivity index (χ1) is 9.65. The van der Waals surface area contributed by atoms with Crippen LogP contribution in [0, 0.1) is 18.8 Å². The fourth-order valence-corrected chi connectivity index (χ4v) is 2.40. The molecular formula is C16H28N4. The van der Waals surface area contributed by atoms with Gasteiger partial charge in [0.25, 0.3) is 0 Å². The monoisotopic (exact) mass is 276 g/mol. The van der Waals surface area contributed by atoms with Gasteiger partial charge in [-0.15, -0.1) is 0 Å². The van der Waals surface area contributed by atoms with Crippen LogP contribution in [0.5, 0.6) is 0 Å². The number of nitrogens with one attached hydrogen (secondary N) is 2. The Hall–Kier alpha value is -1.32. The van der Waals surface area contributed by atoms with E-state index in [1.807, 2.05) is 0 Å². The third kappa shape index (κ3) is 3.84. The summed E-state index contributed by atoms with van der Waals surface area (Å²) in [5, 5.41) is 6.95. The molecule has 0 aromatic carbocycles. The van der Waals surface area contributed by atoms with Crippen LogP contribution in [0.25, 0.3) is 0 Å². The molecule has 2 unspecified atom stereocenters. The number of anilines is 2. The van der Waals surface area contributed by atoms with Crippen LogP contribution >= 0.6 is 0 Å². The lowest BCUT2D eigenvalue weighted by atomic mass is 10.2. The van der Waals surface area contributed by atoms with Gasteiger partial charge in [0.1, 0.15) is 17.5 Å². The van der Waals surface area contributed by atoms with E-state index >= 15 is 0 Å². The molecule has 2 N–H and O–H groups in total. The maximum absolute atomic E-state index is 4.69. The number of rotatable bonds is 8. The summed E-state index contributed by atoms with van der Waals surface area (Å²) in [5.74, 6) is 4.66. The van der Waals surface area contributed by atoms with Crippen LogP contribution in [0.2, 0.25) is 0 Å². The molecule has 0 bridgehead atoms. The molecule has 1 aromatic heterocycles. The van der Waals surface area contributed by atoms with Crippen molar-refractivity contribution in [3.05, 3.63) is 11.4 Å². The Kier molecular flexibility index (Phi) is 5.21. The summed E-state index contributed by atoms with van der Waals surface area (Å²) in [5.41, 5.74) is 1.15. The van der Waals surface area contributed by atoms with Crippen molar-refractivity contribution in [1.82, 2.24) is 9.97 Å². The molecule has 0 amide bonds. The summed E-state index contributed by atoms with van der Waals surface area (Å²) < 4.78 is 0. The van der Waals surface area contributed by atoms with Gasteiger partial charge in [-0.25, -0.2) is 9.97 Å². The molecule has 0 radical (unpaired) electrons. The van der Waals surface area contributed by atoms with E-state index in [2.05, 4.69) is 43.3 Å². The first-order valence-corrected chi connectivity index (χ1v) is 8.00. The molecule has 1 heterocycles. The normalized spacial score (nSPS) is 20.8. The van der Waals surface area contributed by atoms with Gasteiger partial charge in [-0.3, -0.25) is 0 Å². The molecule has 1 aliphatic rings. The van der Waals surface area contributed by atoms with E-state index < -0.39 is 0 Å². The maximum atomic E-state index is 4.69. The van der Waals surface area contributed by atoms with Gasteiger partial charge in [-0.05, 0) is 38.0 Å². The predicted octanol–water partition coefficient (Wildman–Crippen LogP) is 3.63. The smallest absolute Gasteiger partial charge is 0.134 e. The minimum absolute atomic E-state index is 0.825. The van der Waals surface area contributed by atoms with Gasteiger partial charge < -0.3 is 10.6 Å². The zero-order valence-electron chi connectivity index (χ0n) is 13.3. The Morgan fingerprint density at radius 1 is 1.10 bits per heavy atom. The molecule has 2 rings (SSSR count). The van der Waals surface area contributed by atoms with Gasteiger partial charge in [0, 0.05) is 25.1 Å². The predicted molar refractivity (Wildman–Crippen MR) is 85.3 cm³/mol. The van der Waals surface area contributed by atoms with E-state index in [9.17, 15) is 0 Å². The molecule has 1 aromatic rings. The molecule has 4 heteroatoms. The molecule has 1 aliphatic carbocycles. The zero-order chi connectivity index (χ0) is 14.5. The average molecular weight is 276 g/mol. The van der Waals surface area contributed by atoms with Gasteiger partial charge in [-0.1, -0.05) is 20.8 Å². The van der Waals surface area contributed by atoms with E-state index in [1.165, 1.54) is 6.42 Å². The largest absolute Gasteiger partial charge is 0.370 e. The van der Waals surface area contributed by atoms with E-state index in [4.69, 9.17) is 4.98 Å². The molecule has 2 atom stereocenters. The summed E-state index contributed by atoms with van der Waals surface area (Å²) in [7, 11) is 0. The first kappa shape index (κ1) is 15.1. The summed E-state index contributed by atoms with van der Waals surface area (Å²) in [6.45, 7) is 10.8. The molecular weight excluding hydrogens is 248 g/mol. The fourth-order valence-electron chi connectivity index (χ4n) is 2.40. The van der Waals surface area contributed by atoms with Crippen molar-refractivity contribution >= 4 is 11.6 Å². The highest BCUT2D eigenvalue weighted by Gasteiger charge is 2.32. The average Bonchev–Trinajstić information content (AvgIpc) is 3.13. The van der Waals surface area contributed by atoms with Crippen molar-refractivity contribution in [2.24, 2.45) is 11.8 Å². The topological polar surface area (TPSA) is 49.8 Å². The Morgan fingerprint density at radius 3 is 2.30 bits per heavy atom. The number of aryl methyl sites for hydroxylation is 1. The van der Waals surface area contributed by atoms with E-state index in [0.29, 0.717) is 0 Å². The van der Waals surface area contributed by atoms with Gasteiger partial charge in [0.2, 0.25) is 0 Å². The second-order valence-electron chi connectivity index (χ2n) is 5.99. The van der Waals surface area contributed by atoms with Crippen molar-refractivity contribution in [3.63, 3.8) is 0 Å². The van der Waals surface area contributed by atoms with E-state index in [0.717, 1.165) is 67.2 Å². The quantitative estimate of drug-likeness (QED) is 0.761. The molecule has 0 spiro atoms. The SMILES string of the molecule is CCCNc1nc(CCC)nc(NCC2CC2C)c1C. The van der Waals surface area contributed by atoms with Crippen molar-refractivity contribution in [3.8, 4) is 0 Å². The maximum Gasteiger partial charge on any atom is 0.134 e. The van der Waals surface area contributed by atoms with Gasteiger partial charge in [0.15, 0.2) is 0 Å². The molecule has 112 valence electrons. The van der Waals surface area contributed by atoms with Crippen LogP contribution < -0.4 is 10.6 Å². The molecule has 1 fully saturated rings. The summed E-state index contributed by atoms with van der Waals surface area (Å²) in [6, 6.07) is 0. The number of hydrogen-bond acceptors (Lipinski definition) is 4. The minimum Gasteiger partial charge on any atom is -0.370 e. The molecule has 0 aliphatic heterocycles. The van der Waals surface area contributed by atoms with Crippen LogP contribution in [0.3, 0.4) is 0 Å². The lowest BCUT2D eigenvalue weighted by molar-refractivity contribution is 0.776. The number of aromatic nitrogens is 2. The zero-order valence-corrected chi connectivity index (χ0v) is 13.3. The first-order valence-electron chi connectivity index (χ1n) is 8.00. The summed E-state index contributed by atoms with van der Waals surface area (Å²) >= 11 is 0. The number of hydrogen-bond donors (Lipinski definition) is 2. The van der Waals surface area contributed by atoms with Crippen molar-refractivity contribution in [1.29, 1.82) is 0 Å². The van der Waals surface area contributed by atoms with Crippen LogP contribution in [0.4, 0.5) is 11.6 Å². The summed E-state index contributed by atoms with van der Waals surface area (Å²) in [4.78, 5) is 9.35. The van der Waals surface area contributed by atoms with Gasteiger partial charge in [0.05, 0.1) is 0 Å². The minimum atomic E-state index is 0.825. The van der Waals surface area contributed by atoms with Crippen LogP contribution in [0.15, 0.2) is 0 Å². The van der Waals surface area contributed by atoms with Crippen molar-refractivity contribution in [2.75, 3.05) is 23.7 Å². The van der Waals surface area contributed by atoms with Crippen LogP contribution in [-0.2, 0) is 6.42 Å². The third-order valence-electron chi connectivity index (χ3n) is 4.02. The second-order valence-corrected chi connectivity index (χ2v) is 5.99. The third-order valence-corrected chi connectivity index (χ3v) is 4.02.